The maximum Gasteiger partial charge on any atom is 0.307 e. The Morgan fingerprint density at radius 1 is 1.17 bits per heavy atom. The lowest BCUT2D eigenvalue weighted by Crippen LogP contribution is -2.31. The molecule has 0 bridgehead atoms. The summed E-state index contributed by atoms with van der Waals surface area (Å²) in [5.41, 5.74) is 0.871. The van der Waals surface area contributed by atoms with Gasteiger partial charge in [-0.2, -0.15) is 0 Å². The van der Waals surface area contributed by atoms with E-state index in [-0.39, 0.29) is 24.3 Å². The minimum Gasteiger partial charge on any atom is -0.497 e. The molecule has 1 aromatic carbocycles. The first kappa shape index (κ1) is 17.3. The number of amides is 1. The Morgan fingerprint density at radius 3 is 2.39 bits per heavy atom. The number of ether oxygens (including phenoxy) is 2. The molecule has 1 aliphatic rings. The van der Waals surface area contributed by atoms with Crippen molar-refractivity contribution in [1.29, 1.82) is 0 Å². The van der Waals surface area contributed by atoms with E-state index < -0.39 is 0 Å². The molecular formula is C18H25NO4. The number of benzene rings is 1. The van der Waals surface area contributed by atoms with Crippen molar-refractivity contribution in [2.75, 3.05) is 14.2 Å². The highest BCUT2D eigenvalue weighted by Gasteiger charge is 2.22. The summed E-state index contributed by atoms with van der Waals surface area (Å²) < 4.78 is 9.89. The van der Waals surface area contributed by atoms with Gasteiger partial charge in [-0.25, -0.2) is 0 Å². The maximum atomic E-state index is 12.3. The third kappa shape index (κ3) is 5.27. The molecule has 0 radical (unpaired) electrons. The van der Waals surface area contributed by atoms with E-state index in [1.807, 2.05) is 24.3 Å². The molecule has 0 heterocycles. The van der Waals surface area contributed by atoms with Crippen molar-refractivity contribution in [2.24, 2.45) is 5.92 Å². The van der Waals surface area contributed by atoms with E-state index in [4.69, 9.17) is 9.47 Å². The van der Waals surface area contributed by atoms with Crippen LogP contribution in [-0.2, 0) is 14.3 Å². The van der Waals surface area contributed by atoms with Gasteiger partial charge in [0.15, 0.2) is 0 Å². The van der Waals surface area contributed by atoms with Gasteiger partial charge in [-0.15, -0.1) is 0 Å². The molecule has 1 N–H and O–H groups in total. The first-order chi connectivity index (χ1) is 11.1. The van der Waals surface area contributed by atoms with Gasteiger partial charge in [0.1, 0.15) is 5.75 Å². The number of hydrogen-bond acceptors (Lipinski definition) is 4. The summed E-state index contributed by atoms with van der Waals surface area (Å²) in [6.07, 6.45) is 5.33. The van der Waals surface area contributed by atoms with Crippen LogP contribution in [0.4, 0.5) is 0 Å². The smallest absolute Gasteiger partial charge is 0.307 e. The summed E-state index contributed by atoms with van der Waals surface area (Å²) in [5.74, 6) is 0.876. The third-order valence-corrected chi connectivity index (χ3v) is 4.40. The van der Waals surface area contributed by atoms with Crippen molar-refractivity contribution in [3.8, 4) is 5.75 Å². The van der Waals surface area contributed by atoms with Crippen LogP contribution in [0.1, 0.15) is 50.1 Å². The molecule has 1 aromatic rings. The molecule has 1 atom stereocenters. The molecule has 5 heteroatoms. The SMILES string of the molecule is COC(=O)CC(NC(=O)CC1CCCC1)c1ccc(OC)cc1. The van der Waals surface area contributed by atoms with E-state index in [0.29, 0.717) is 12.3 Å². The second kappa shape index (κ2) is 8.56. The second-order valence-electron chi connectivity index (χ2n) is 6.03. The average molecular weight is 319 g/mol. The molecule has 0 spiro atoms. The molecule has 0 aliphatic heterocycles. The topological polar surface area (TPSA) is 64.6 Å². The van der Waals surface area contributed by atoms with Gasteiger partial charge in [0.2, 0.25) is 5.91 Å². The van der Waals surface area contributed by atoms with Crippen molar-refractivity contribution in [2.45, 2.75) is 44.6 Å². The zero-order chi connectivity index (χ0) is 16.7. The van der Waals surface area contributed by atoms with Crippen LogP contribution in [0.5, 0.6) is 5.75 Å². The Labute approximate surface area is 137 Å². The highest BCUT2D eigenvalue weighted by Crippen LogP contribution is 2.28. The Hall–Kier alpha value is -2.04. The van der Waals surface area contributed by atoms with Gasteiger partial charge in [-0.05, 0) is 36.5 Å². The van der Waals surface area contributed by atoms with Crippen LogP contribution in [0.3, 0.4) is 0 Å². The number of nitrogens with one attached hydrogen (secondary N) is 1. The lowest BCUT2D eigenvalue weighted by atomic mass is 10.0. The lowest BCUT2D eigenvalue weighted by Gasteiger charge is -2.19. The maximum absolute atomic E-state index is 12.3. The van der Waals surface area contributed by atoms with Crippen LogP contribution in [-0.4, -0.2) is 26.1 Å². The predicted octanol–water partition coefficient (Wildman–Crippen LogP) is 3.00. The molecule has 0 saturated heterocycles. The lowest BCUT2D eigenvalue weighted by molar-refractivity contribution is -0.141. The van der Waals surface area contributed by atoms with E-state index in [1.165, 1.54) is 20.0 Å². The van der Waals surface area contributed by atoms with Crippen LogP contribution in [0.25, 0.3) is 0 Å². The molecule has 2 rings (SSSR count). The number of carbonyl (C=O) groups is 2. The summed E-state index contributed by atoms with van der Waals surface area (Å²) in [6, 6.07) is 7.00. The number of carbonyl (C=O) groups excluding carboxylic acids is 2. The summed E-state index contributed by atoms with van der Waals surface area (Å²) in [5, 5.41) is 2.98. The molecule has 1 unspecified atom stereocenters. The molecule has 5 nitrogen and oxygen atoms in total. The Morgan fingerprint density at radius 2 is 1.83 bits per heavy atom. The minimum atomic E-state index is -0.373. The predicted molar refractivity (Wildman–Crippen MR) is 87.1 cm³/mol. The van der Waals surface area contributed by atoms with Crippen molar-refractivity contribution >= 4 is 11.9 Å². The van der Waals surface area contributed by atoms with Crippen LogP contribution in [0.2, 0.25) is 0 Å². The molecule has 1 saturated carbocycles. The largest absolute Gasteiger partial charge is 0.497 e. The fourth-order valence-electron chi connectivity index (χ4n) is 3.07. The first-order valence-corrected chi connectivity index (χ1v) is 8.12. The van der Waals surface area contributed by atoms with Gasteiger partial charge in [-0.3, -0.25) is 9.59 Å². The first-order valence-electron chi connectivity index (χ1n) is 8.12. The Kier molecular flexibility index (Phi) is 6.44. The third-order valence-electron chi connectivity index (χ3n) is 4.40. The van der Waals surface area contributed by atoms with Crippen molar-refractivity contribution in [1.82, 2.24) is 5.32 Å². The highest BCUT2D eigenvalue weighted by atomic mass is 16.5. The molecule has 23 heavy (non-hydrogen) atoms. The monoisotopic (exact) mass is 319 g/mol. The van der Waals surface area contributed by atoms with Gasteiger partial charge >= 0.3 is 5.97 Å². The van der Waals surface area contributed by atoms with E-state index in [9.17, 15) is 9.59 Å². The zero-order valence-electron chi connectivity index (χ0n) is 13.8. The van der Waals surface area contributed by atoms with E-state index >= 15 is 0 Å². The normalized spacial score (nSPS) is 15.9. The van der Waals surface area contributed by atoms with Crippen molar-refractivity contribution in [3.63, 3.8) is 0 Å². The minimum absolute atomic E-state index is 0.00150. The van der Waals surface area contributed by atoms with Crippen LogP contribution in [0, 0.1) is 5.92 Å². The quantitative estimate of drug-likeness (QED) is 0.785. The van der Waals surface area contributed by atoms with Gasteiger partial charge in [0.25, 0.3) is 0 Å². The summed E-state index contributed by atoms with van der Waals surface area (Å²) in [4.78, 5) is 23.9. The summed E-state index contributed by atoms with van der Waals surface area (Å²) in [6.45, 7) is 0. The zero-order valence-corrected chi connectivity index (χ0v) is 13.8. The van der Waals surface area contributed by atoms with Crippen LogP contribution in [0.15, 0.2) is 24.3 Å². The Balaban J connectivity index is 2.02. The highest BCUT2D eigenvalue weighted by molar-refractivity contribution is 5.78. The number of methoxy groups -OCH3 is 2. The van der Waals surface area contributed by atoms with Crippen molar-refractivity contribution < 1.29 is 19.1 Å². The molecular weight excluding hydrogens is 294 g/mol. The molecule has 1 aliphatic carbocycles. The standard InChI is InChI=1S/C18H25NO4/c1-22-15-9-7-14(8-10-15)16(12-18(21)23-2)19-17(20)11-13-5-3-4-6-13/h7-10,13,16H,3-6,11-12H2,1-2H3,(H,19,20). The van der Waals surface area contributed by atoms with Crippen molar-refractivity contribution in [3.05, 3.63) is 29.8 Å². The summed E-state index contributed by atoms with van der Waals surface area (Å²) in [7, 11) is 2.96. The number of hydrogen-bond donors (Lipinski definition) is 1. The molecule has 0 aromatic heterocycles. The van der Waals surface area contributed by atoms with E-state index in [1.54, 1.807) is 7.11 Å². The van der Waals surface area contributed by atoms with Gasteiger partial charge in [0, 0.05) is 6.42 Å². The number of rotatable bonds is 7. The number of esters is 1. The fraction of sp³-hybridized carbons (Fsp3) is 0.556. The van der Waals surface area contributed by atoms with E-state index in [2.05, 4.69) is 5.32 Å². The molecule has 126 valence electrons. The summed E-state index contributed by atoms with van der Waals surface area (Å²) >= 11 is 0. The van der Waals surface area contributed by atoms with Crippen LogP contribution < -0.4 is 10.1 Å². The Bertz CT molecular complexity index is 520. The van der Waals surface area contributed by atoms with Gasteiger partial charge < -0.3 is 14.8 Å². The average Bonchev–Trinajstić information content (AvgIpc) is 3.07. The molecule has 1 amide bonds. The van der Waals surface area contributed by atoms with Gasteiger partial charge in [0.05, 0.1) is 26.7 Å². The molecule has 1 fully saturated rings. The second-order valence-corrected chi connectivity index (χ2v) is 6.03. The van der Waals surface area contributed by atoms with Crippen LogP contribution >= 0.6 is 0 Å². The van der Waals surface area contributed by atoms with E-state index in [0.717, 1.165) is 24.2 Å². The van der Waals surface area contributed by atoms with Gasteiger partial charge in [-0.1, -0.05) is 25.0 Å². The fourth-order valence-corrected chi connectivity index (χ4v) is 3.07.